The van der Waals surface area contributed by atoms with Crippen LogP contribution in [0.5, 0.6) is 0 Å². The molecule has 2 atom stereocenters. The second-order valence-electron chi connectivity index (χ2n) is 3.12. The lowest BCUT2D eigenvalue weighted by Gasteiger charge is -2.26. The number of morpholine rings is 1. The first-order valence-electron chi connectivity index (χ1n) is 3.95. The smallest absolute Gasteiger partial charge is 0.0594 e. The fraction of sp³-hybridized carbons (Fsp3) is 1.00. The zero-order chi connectivity index (χ0) is 6.97. The Kier molecular flexibility index (Phi) is 5.45. The molecule has 2 fully saturated rings. The van der Waals surface area contributed by atoms with E-state index in [0.29, 0.717) is 12.1 Å². The lowest BCUT2D eigenvalue weighted by Crippen LogP contribution is -2.39. The topological polar surface area (TPSA) is 38.5 Å². The fourth-order valence-corrected chi connectivity index (χ4v) is 1.53. The van der Waals surface area contributed by atoms with Crippen LogP contribution in [0.2, 0.25) is 0 Å². The summed E-state index contributed by atoms with van der Waals surface area (Å²) in [6.45, 7) is 3.95. The lowest BCUT2D eigenvalue weighted by atomic mass is 10.4. The Bertz CT molecular complexity index is 131. The summed E-state index contributed by atoms with van der Waals surface area (Å²) in [5, 5.41) is 0. The maximum Gasteiger partial charge on any atom is 0.0594 e. The highest BCUT2D eigenvalue weighted by molar-refractivity contribution is 5.85. The van der Waals surface area contributed by atoms with Gasteiger partial charge in [0.15, 0.2) is 0 Å². The van der Waals surface area contributed by atoms with Crippen LogP contribution in [-0.4, -0.2) is 43.3 Å². The zero-order valence-corrected chi connectivity index (χ0v) is 8.57. The van der Waals surface area contributed by atoms with Crippen molar-refractivity contribution in [2.24, 2.45) is 5.73 Å². The molecule has 3 nitrogen and oxygen atoms in total. The van der Waals surface area contributed by atoms with E-state index >= 15 is 0 Å². The predicted molar refractivity (Wildman–Crippen MR) is 53.3 cm³/mol. The van der Waals surface area contributed by atoms with Gasteiger partial charge in [0, 0.05) is 25.2 Å². The molecule has 0 aromatic rings. The Morgan fingerprint density at radius 2 is 1.67 bits per heavy atom. The van der Waals surface area contributed by atoms with Crippen LogP contribution in [0.15, 0.2) is 0 Å². The van der Waals surface area contributed by atoms with Crippen LogP contribution in [0, 0.1) is 0 Å². The molecule has 12 heavy (non-hydrogen) atoms. The minimum Gasteiger partial charge on any atom is -0.379 e. The summed E-state index contributed by atoms with van der Waals surface area (Å²) in [5.74, 6) is 0. The molecule has 0 amide bonds. The van der Waals surface area contributed by atoms with Gasteiger partial charge in [-0.2, -0.15) is 0 Å². The van der Waals surface area contributed by atoms with Gasteiger partial charge >= 0.3 is 0 Å². The first-order chi connectivity index (χ1) is 4.88. The van der Waals surface area contributed by atoms with E-state index in [0.717, 1.165) is 26.3 Å². The zero-order valence-electron chi connectivity index (χ0n) is 6.94. The number of ether oxygens (including phenoxy) is 1. The van der Waals surface area contributed by atoms with Crippen LogP contribution in [-0.2, 0) is 4.74 Å². The first-order valence-corrected chi connectivity index (χ1v) is 3.95. The van der Waals surface area contributed by atoms with Gasteiger partial charge in [0.1, 0.15) is 0 Å². The predicted octanol–water partition coefficient (Wildman–Crippen LogP) is 0.262. The molecule has 1 saturated carbocycles. The fourth-order valence-electron chi connectivity index (χ4n) is 1.53. The monoisotopic (exact) mass is 214 g/mol. The van der Waals surface area contributed by atoms with E-state index in [1.54, 1.807) is 0 Å². The van der Waals surface area contributed by atoms with Crippen molar-refractivity contribution >= 4 is 24.8 Å². The molecule has 1 saturated heterocycles. The van der Waals surface area contributed by atoms with Crippen molar-refractivity contribution in [1.29, 1.82) is 0 Å². The van der Waals surface area contributed by atoms with Gasteiger partial charge in [-0.15, -0.1) is 24.8 Å². The summed E-state index contributed by atoms with van der Waals surface area (Å²) in [4.78, 5) is 2.44. The molecule has 0 bridgehead atoms. The molecule has 0 unspecified atom stereocenters. The van der Waals surface area contributed by atoms with E-state index in [-0.39, 0.29) is 24.8 Å². The maximum absolute atomic E-state index is 5.71. The van der Waals surface area contributed by atoms with Gasteiger partial charge in [0.2, 0.25) is 0 Å². The minimum atomic E-state index is 0. The highest BCUT2D eigenvalue weighted by Crippen LogP contribution is 2.25. The van der Waals surface area contributed by atoms with Crippen molar-refractivity contribution in [3.05, 3.63) is 0 Å². The third kappa shape index (κ3) is 2.75. The Balaban J connectivity index is 0.000000605. The molecule has 2 aliphatic rings. The lowest BCUT2D eigenvalue weighted by molar-refractivity contribution is 0.0332. The summed E-state index contributed by atoms with van der Waals surface area (Å²) in [5.41, 5.74) is 5.71. The third-order valence-electron chi connectivity index (χ3n) is 2.32. The number of nitrogens with zero attached hydrogens (tertiary/aromatic N) is 1. The van der Waals surface area contributed by atoms with Crippen LogP contribution < -0.4 is 5.73 Å². The van der Waals surface area contributed by atoms with Crippen molar-refractivity contribution < 1.29 is 4.74 Å². The molecule has 0 radical (unpaired) electrons. The molecule has 2 N–H and O–H groups in total. The van der Waals surface area contributed by atoms with Crippen LogP contribution in [0.4, 0.5) is 0 Å². The van der Waals surface area contributed by atoms with Gasteiger partial charge in [0.05, 0.1) is 13.2 Å². The van der Waals surface area contributed by atoms with Gasteiger partial charge in [-0.05, 0) is 6.42 Å². The SMILES string of the molecule is Cl.Cl.N[C@@H]1C[C@@H]1N1CCOCC1. The van der Waals surface area contributed by atoms with E-state index in [1.165, 1.54) is 6.42 Å². The number of rotatable bonds is 1. The average molecular weight is 215 g/mol. The van der Waals surface area contributed by atoms with Crippen molar-refractivity contribution in [2.75, 3.05) is 26.3 Å². The Hall–Kier alpha value is 0.460. The van der Waals surface area contributed by atoms with Crippen LogP contribution in [0.3, 0.4) is 0 Å². The number of halogens is 2. The molecule has 1 aliphatic carbocycles. The summed E-state index contributed by atoms with van der Waals surface area (Å²) < 4.78 is 5.23. The average Bonchev–Trinajstić information content (AvgIpc) is 2.69. The van der Waals surface area contributed by atoms with Crippen molar-refractivity contribution in [3.8, 4) is 0 Å². The van der Waals surface area contributed by atoms with E-state index in [1.807, 2.05) is 0 Å². The summed E-state index contributed by atoms with van der Waals surface area (Å²) in [6.07, 6.45) is 1.19. The van der Waals surface area contributed by atoms with Gasteiger partial charge in [0.25, 0.3) is 0 Å². The van der Waals surface area contributed by atoms with Gasteiger partial charge in [-0.3, -0.25) is 4.90 Å². The molecule has 5 heteroatoms. The molecule has 1 heterocycles. The summed E-state index contributed by atoms with van der Waals surface area (Å²) >= 11 is 0. The molecule has 0 aromatic heterocycles. The highest BCUT2D eigenvalue weighted by atomic mass is 35.5. The third-order valence-corrected chi connectivity index (χ3v) is 2.32. The molecule has 0 aromatic carbocycles. The number of hydrogen-bond donors (Lipinski definition) is 1. The Morgan fingerprint density at radius 3 is 2.08 bits per heavy atom. The number of hydrogen-bond acceptors (Lipinski definition) is 3. The first kappa shape index (κ1) is 12.5. The van der Waals surface area contributed by atoms with Crippen molar-refractivity contribution in [1.82, 2.24) is 4.90 Å². The number of nitrogens with two attached hydrogens (primary N) is 1. The molecule has 74 valence electrons. The largest absolute Gasteiger partial charge is 0.379 e. The van der Waals surface area contributed by atoms with Crippen LogP contribution in [0.1, 0.15) is 6.42 Å². The molecule has 1 aliphatic heterocycles. The normalized spacial score (nSPS) is 34.8. The van der Waals surface area contributed by atoms with Crippen molar-refractivity contribution in [2.45, 2.75) is 18.5 Å². The molecule has 0 spiro atoms. The maximum atomic E-state index is 5.71. The summed E-state index contributed by atoms with van der Waals surface area (Å²) in [6, 6.07) is 1.14. The van der Waals surface area contributed by atoms with Crippen LogP contribution in [0.25, 0.3) is 0 Å². The van der Waals surface area contributed by atoms with E-state index < -0.39 is 0 Å². The second-order valence-corrected chi connectivity index (χ2v) is 3.12. The van der Waals surface area contributed by atoms with Gasteiger partial charge < -0.3 is 10.5 Å². The minimum absolute atomic E-state index is 0. The quantitative estimate of drug-likeness (QED) is 0.682. The Morgan fingerprint density at radius 1 is 1.17 bits per heavy atom. The molecule has 2 rings (SSSR count). The second kappa shape index (κ2) is 5.25. The highest BCUT2D eigenvalue weighted by Gasteiger charge is 2.38. The van der Waals surface area contributed by atoms with Crippen molar-refractivity contribution in [3.63, 3.8) is 0 Å². The molecular formula is C7H16Cl2N2O. The van der Waals surface area contributed by atoms with E-state index in [9.17, 15) is 0 Å². The van der Waals surface area contributed by atoms with E-state index in [4.69, 9.17) is 10.5 Å². The summed E-state index contributed by atoms with van der Waals surface area (Å²) in [7, 11) is 0. The molecular weight excluding hydrogens is 199 g/mol. The van der Waals surface area contributed by atoms with Crippen LogP contribution >= 0.6 is 24.8 Å². The van der Waals surface area contributed by atoms with Gasteiger partial charge in [-0.1, -0.05) is 0 Å². The van der Waals surface area contributed by atoms with Gasteiger partial charge in [-0.25, -0.2) is 0 Å². The van der Waals surface area contributed by atoms with E-state index in [2.05, 4.69) is 4.90 Å². The standard InChI is InChI=1S/C7H14N2O.2ClH/c8-6-5-7(6)9-1-3-10-4-2-9;;/h6-7H,1-5,8H2;2*1H/t6-,7+;;/m1../s1. The Labute approximate surface area is 85.4 Å².